The van der Waals surface area contributed by atoms with E-state index < -0.39 is 145 Å². The molecule has 0 saturated carbocycles. The summed E-state index contributed by atoms with van der Waals surface area (Å²) >= 11 is 0. The predicted molar refractivity (Wildman–Crippen MR) is 312 cm³/mol. The van der Waals surface area contributed by atoms with Crippen LogP contribution in [0, 0.1) is 0 Å². The summed E-state index contributed by atoms with van der Waals surface area (Å²) in [6.45, 7) is 50.0. The summed E-state index contributed by atoms with van der Waals surface area (Å²) in [5.74, 6) is -0.541. The van der Waals surface area contributed by atoms with E-state index in [1.165, 1.54) is 0 Å². The van der Waals surface area contributed by atoms with Gasteiger partial charge in [-0.05, 0) is 160 Å². The van der Waals surface area contributed by atoms with Gasteiger partial charge in [0.05, 0.1) is 6.61 Å². The number of hydrogen-bond donors (Lipinski definition) is 0. The summed E-state index contributed by atoms with van der Waals surface area (Å²) in [6, 6.07) is 4.37. The van der Waals surface area contributed by atoms with Crippen molar-refractivity contribution in [3.8, 4) is 0 Å². The number of carbonyl (C=O) groups excluding carboxylic acids is 1. The first-order valence-electron chi connectivity index (χ1n) is 26.3. The zero-order valence-corrected chi connectivity index (χ0v) is 64.8. The lowest BCUT2D eigenvalue weighted by atomic mass is 10.5. The Labute approximate surface area is 460 Å². The van der Waals surface area contributed by atoms with Crippen molar-refractivity contribution in [3.05, 3.63) is 12.7 Å². The Morgan fingerprint density at radius 1 is 0.338 bits per heavy atom. The summed E-state index contributed by atoms with van der Waals surface area (Å²) in [4.78, 5) is 12.2. The smallest absolute Gasteiger partial charge is 0.463 e. The summed E-state index contributed by atoms with van der Waals surface area (Å²) in [7, 11) is -65.6. The zero-order valence-electron chi connectivity index (χ0n) is 48.8. The average molecular weight is 1330 g/mol. The predicted octanol–water partition coefficient (Wildman–Crippen LogP) is 9.77. The minimum Gasteiger partial charge on any atom is -0.463 e. The van der Waals surface area contributed by atoms with Crippen LogP contribution in [0.2, 0.25) is 153 Å². The number of rotatable bonds is 28. The van der Waals surface area contributed by atoms with Crippen LogP contribution >= 0.6 is 0 Å². The summed E-state index contributed by atoms with van der Waals surface area (Å²) in [6.07, 6.45) is 1.53. The molecule has 0 atom stereocenters. The number of hydrogen-bond acceptors (Lipinski definition) is 22. The van der Waals surface area contributed by atoms with E-state index in [1.807, 2.05) is 153 Å². The van der Waals surface area contributed by atoms with Crippen LogP contribution < -0.4 is 0 Å². The molecule has 6 aliphatic rings. The molecule has 6 aliphatic heterocycles. The van der Waals surface area contributed by atoms with Crippen LogP contribution in [-0.2, 0) is 91.8 Å². The third-order valence-electron chi connectivity index (χ3n) is 13.5. The Morgan fingerprint density at radius 2 is 0.500 bits per heavy atom. The summed E-state index contributed by atoms with van der Waals surface area (Å²) in [5, 5.41) is 0. The summed E-state index contributed by atoms with van der Waals surface area (Å²) in [5.41, 5.74) is 0. The van der Waals surface area contributed by atoms with Gasteiger partial charge in [-0.25, -0.2) is 4.79 Å². The van der Waals surface area contributed by atoms with E-state index in [-0.39, 0.29) is 6.61 Å². The van der Waals surface area contributed by atoms with Crippen molar-refractivity contribution >= 4 is 145 Å². The first-order chi connectivity index (χ1) is 33.5. The van der Waals surface area contributed by atoms with Crippen molar-refractivity contribution in [2.75, 3.05) is 6.61 Å². The standard InChI is InChI=1S/C36H92O22Si16/c1-25-36(37)38-34-33-35-66(23,24)46-74-56-71(43-63(17,18)30-6)50-68(40-60(11,12)27-3)47-67(39-59(9,10)26-2)48-69(52-71,41-61(13,14)28-4)54-73(58-74,45-65(21,22)32-8)55-70(49-67,42-62(15,16)29-5)53-72(51-68,57-74)44-64(19,20)31-7/h25H,1,26-35H2,2-24H3. The molecular formula is C36H92O22Si16. The molecule has 0 radical (unpaired) electrons. The fourth-order valence-corrected chi connectivity index (χ4v) is 74.6. The van der Waals surface area contributed by atoms with E-state index in [4.69, 9.17) is 87.0 Å². The van der Waals surface area contributed by atoms with E-state index in [9.17, 15) is 4.79 Å². The van der Waals surface area contributed by atoms with Crippen LogP contribution in [-0.4, -0.2) is 151 Å². The second-order valence-corrected chi connectivity index (χ2v) is 82.0. The molecule has 0 aromatic heterocycles. The lowest BCUT2D eigenvalue weighted by Crippen LogP contribution is -2.93. The monoisotopic (exact) mass is 1320 g/mol. The Balaban J connectivity index is 2.10. The Bertz CT molecular complexity index is 1800. The van der Waals surface area contributed by atoms with Crippen molar-refractivity contribution in [2.24, 2.45) is 0 Å². The average Bonchev–Trinajstić information content (AvgIpc) is 3.20. The van der Waals surface area contributed by atoms with Crippen molar-refractivity contribution in [1.82, 2.24) is 0 Å². The van der Waals surface area contributed by atoms with Crippen molar-refractivity contribution in [1.29, 1.82) is 0 Å². The molecule has 6 saturated heterocycles. The molecule has 8 bridgehead atoms. The Kier molecular flexibility index (Phi) is 20.9. The van der Waals surface area contributed by atoms with E-state index >= 15 is 0 Å². The fraction of sp³-hybridized carbons (Fsp3) is 0.917. The Morgan fingerprint density at radius 3 is 0.649 bits per heavy atom. The van der Waals surface area contributed by atoms with Crippen LogP contribution in [0.5, 0.6) is 0 Å². The molecule has 0 spiro atoms. The van der Waals surface area contributed by atoms with Crippen molar-refractivity contribution < 1.29 is 91.8 Å². The lowest BCUT2D eigenvalue weighted by molar-refractivity contribution is -0.138. The molecule has 0 aromatic carbocycles. The highest BCUT2D eigenvalue weighted by Gasteiger charge is 2.92. The molecule has 22 nitrogen and oxygen atoms in total. The molecule has 0 amide bonds. The van der Waals surface area contributed by atoms with Gasteiger partial charge in [0.2, 0.25) is 0 Å². The minimum atomic E-state index is -5.28. The van der Waals surface area contributed by atoms with Gasteiger partial charge in [0.15, 0.2) is 66.5 Å². The first-order valence-corrected chi connectivity index (χ1v) is 64.3. The van der Waals surface area contributed by atoms with Crippen LogP contribution in [0.25, 0.3) is 0 Å². The largest absolute Gasteiger partial charge is 0.651 e. The van der Waals surface area contributed by atoms with Gasteiger partial charge in [0, 0.05) is 6.08 Å². The highest BCUT2D eigenvalue weighted by atomic mass is 28.7. The minimum absolute atomic E-state index is 0.0891. The molecule has 6 rings (SSSR count). The molecule has 6 heterocycles. The van der Waals surface area contributed by atoms with Crippen molar-refractivity contribution in [2.45, 2.75) is 208 Å². The number of ether oxygens (including phenoxy) is 1. The number of esters is 1. The molecule has 0 unspecified atom stereocenters. The first kappa shape index (κ1) is 66.7. The van der Waals surface area contributed by atoms with Crippen LogP contribution in [0.3, 0.4) is 0 Å². The highest BCUT2D eigenvalue weighted by Crippen LogP contribution is 2.54. The molecular weight excluding hydrogens is 1230 g/mol. The maximum absolute atomic E-state index is 12.2. The topological polar surface area (TPSA) is 211 Å². The zero-order chi connectivity index (χ0) is 56.2. The van der Waals surface area contributed by atoms with Gasteiger partial charge in [-0.2, -0.15) is 0 Å². The summed E-state index contributed by atoms with van der Waals surface area (Å²) < 4.78 is 157. The van der Waals surface area contributed by atoms with Gasteiger partial charge in [0.25, 0.3) is 0 Å². The third kappa shape index (κ3) is 16.8. The van der Waals surface area contributed by atoms with Gasteiger partial charge < -0.3 is 87.0 Å². The normalized spacial score (nSPS) is 34.2. The molecule has 0 aromatic rings. The van der Waals surface area contributed by atoms with Crippen LogP contribution in [0.1, 0.15) is 54.9 Å². The molecule has 0 N–H and O–H groups in total. The van der Waals surface area contributed by atoms with E-state index in [0.717, 1.165) is 6.08 Å². The second-order valence-electron chi connectivity index (χ2n) is 24.1. The van der Waals surface area contributed by atoms with Gasteiger partial charge >= 0.3 is 78.4 Å². The van der Waals surface area contributed by atoms with Crippen LogP contribution in [0.15, 0.2) is 12.7 Å². The third-order valence-corrected chi connectivity index (χ3v) is 76.7. The lowest BCUT2D eigenvalue weighted by Gasteiger charge is -2.61. The number of carbonyl (C=O) groups is 1. The van der Waals surface area contributed by atoms with Crippen LogP contribution in [0.4, 0.5) is 0 Å². The van der Waals surface area contributed by atoms with Gasteiger partial charge in [-0.1, -0.05) is 55.0 Å². The molecule has 74 heavy (non-hydrogen) atoms. The fourth-order valence-electron chi connectivity index (χ4n) is 6.83. The molecule has 38 heteroatoms. The molecule has 0 aliphatic carbocycles. The maximum Gasteiger partial charge on any atom is 0.651 e. The van der Waals surface area contributed by atoms with E-state index in [2.05, 4.69) is 6.58 Å². The Hall–Kier alpha value is 1.88. The molecule has 6 fully saturated rings. The van der Waals surface area contributed by atoms with Crippen molar-refractivity contribution in [3.63, 3.8) is 0 Å². The molecule has 432 valence electrons. The van der Waals surface area contributed by atoms with Gasteiger partial charge in [-0.15, -0.1) is 0 Å². The quantitative estimate of drug-likeness (QED) is 0.0309. The maximum atomic E-state index is 12.2. The second kappa shape index (κ2) is 23.1. The van der Waals surface area contributed by atoms with Gasteiger partial charge in [-0.3, -0.25) is 0 Å². The van der Waals surface area contributed by atoms with E-state index in [0.29, 0.717) is 54.8 Å². The SMILES string of the molecule is C=CC(=O)OCCC[Si](C)(C)O[Si]12O[Si]3(O[Si](C)(C)CC)O[Si]4(O[Si](C)(C)CC)O[Si]5(O[Si](C)(C)CC)O[Si](O[Si](C)(C)CC)(O3)O[Si](O[Si](C)(C)CC)(O[Si](O[Si](C)(C)CC)(O5)O[Si](O[Si](C)(C)CC)(O4)O1)O2. The van der Waals surface area contributed by atoms with E-state index in [1.54, 1.807) is 0 Å². The highest BCUT2D eigenvalue weighted by molar-refractivity contribution is 7.04. The van der Waals surface area contributed by atoms with Gasteiger partial charge in [0.1, 0.15) is 0 Å².